The van der Waals surface area contributed by atoms with Crippen molar-refractivity contribution >= 4 is 24.3 Å². The van der Waals surface area contributed by atoms with Gasteiger partial charge in [-0.1, -0.05) is 24.3 Å². The molecule has 4 rings (SSSR count). The van der Waals surface area contributed by atoms with Crippen LogP contribution < -0.4 is 28.4 Å². The van der Waals surface area contributed by atoms with Gasteiger partial charge >= 0.3 is 0 Å². The standard InChI is InChI=1S/C32H32N2O6/c1-35-27-19-31(39-5)29(37-3)17-23(27)9-7-21-11-13-33-25(15-21)26-16-22(12-14-34-26)8-10-24-18-30(38-4)32(40-6)20-28(24)36-2/h7-20H,1-6H3/b9-7+,10-8+. The Kier molecular flexibility index (Phi) is 9.25. The number of hydrogen-bond acceptors (Lipinski definition) is 8. The van der Waals surface area contributed by atoms with Gasteiger partial charge in [-0.05, 0) is 47.5 Å². The molecule has 2 aromatic heterocycles. The summed E-state index contributed by atoms with van der Waals surface area (Å²) < 4.78 is 32.7. The van der Waals surface area contributed by atoms with Gasteiger partial charge in [0.25, 0.3) is 0 Å². The Balaban J connectivity index is 1.60. The molecule has 0 unspecified atom stereocenters. The third-order valence-corrected chi connectivity index (χ3v) is 6.21. The van der Waals surface area contributed by atoms with Crippen molar-refractivity contribution in [3.05, 3.63) is 83.2 Å². The van der Waals surface area contributed by atoms with Gasteiger partial charge in [-0.15, -0.1) is 0 Å². The van der Waals surface area contributed by atoms with Crippen molar-refractivity contribution in [1.82, 2.24) is 9.97 Å². The molecule has 0 bridgehead atoms. The number of ether oxygens (including phenoxy) is 6. The smallest absolute Gasteiger partial charge is 0.164 e. The molecule has 4 aromatic rings. The van der Waals surface area contributed by atoms with Crippen LogP contribution in [0.25, 0.3) is 35.7 Å². The highest BCUT2D eigenvalue weighted by Gasteiger charge is 2.11. The molecule has 40 heavy (non-hydrogen) atoms. The Bertz CT molecular complexity index is 1420. The van der Waals surface area contributed by atoms with E-state index < -0.39 is 0 Å². The summed E-state index contributed by atoms with van der Waals surface area (Å²) in [5.74, 6) is 3.81. The van der Waals surface area contributed by atoms with Gasteiger partial charge < -0.3 is 28.4 Å². The number of aromatic nitrogens is 2. The zero-order valence-corrected chi connectivity index (χ0v) is 23.4. The lowest BCUT2D eigenvalue weighted by atomic mass is 10.1. The van der Waals surface area contributed by atoms with Gasteiger partial charge in [-0.3, -0.25) is 9.97 Å². The van der Waals surface area contributed by atoms with E-state index in [4.69, 9.17) is 28.4 Å². The van der Waals surface area contributed by atoms with Gasteiger partial charge in [0.2, 0.25) is 0 Å². The SMILES string of the molecule is COc1cc(OC)c(OC)cc1/C=C/c1ccnc(-c2cc(/C=C/c3cc(OC)c(OC)cc3OC)ccn2)c1. The minimum absolute atomic E-state index is 0.604. The minimum Gasteiger partial charge on any atom is -0.496 e. The Morgan fingerprint density at radius 2 is 0.775 bits per heavy atom. The van der Waals surface area contributed by atoms with Crippen molar-refractivity contribution in [2.45, 2.75) is 0 Å². The van der Waals surface area contributed by atoms with Gasteiger partial charge in [0.15, 0.2) is 23.0 Å². The highest BCUT2D eigenvalue weighted by Crippen LogP contribution is 2.36. The molecular formula is C32H32N2O6. The maximum atomic E-state index is 5.54. The minimum atomic E-state index is 0.604. The first-order chi connectivity index (χ1) is 19.5. The Morgan fingerprint density at radius 3 is 1.12 bits per heavy atom. The summed E-state index contributed by atoms with van der Waals surface area (Å²) >= 11 is 0. The summed E-state index contributed by atoms with van der Waals surface area (Å²) in [4.78, 5) is 9.09. The monoisotopic (exact) mass is 540 g/mol. The second kappa shape index (κ2) is 13.2. The Hall–Kier alpha value is -4.98. The first-order valence-electron chi connectivity index (χ1n) is 12.4. The molecule has 0 fully saturated rings. The molecule has 8 nitrogen and oxygen atoms in total. The molecule has 0 amide bonds. The van der Waals surface area contributed by atoms with Crippen molar-refractivity contribution in [2.24, 2.45) is 0 Å². The van der Waals surface area contributed by atoms with E-state index in [2.05, 4.69) is 9.97 Å². The number of benzene rings is 2. The molecule has 0 aliphatic carbocycles. The molecule has 2 aromatic carbocycles. The fraction of sp³-hybridized carbons (Fsp3) is 0.188. The van der Waals surface area contributed by atoms with Crippen LogP contribution in [0, 0.1) is 0 Å². The molecular weight excluding hydrogens is 508 g/mol. The molecule has 0 radical (unpaired) electrons. The first kappa shape index (κ1) is 28.0. The number of nitrogens with zero attached hydrogens (tertiary/aromatic N) is 2. The second-order valence-electron chi connectivity index (χ2n) is 8.51. The van der Waals surface area contributed by atoms with E-state index in [1.165, 1.54) is 0 Å². The third-order valence-electron chi connectivity index (χ3n) is 6.21. The molecule has 2 heterocycles. The number of hydrogen-bond donors (Lipinski definition) is 0. The van der Waals surface area contributed by atoms with E-state index in [1.54, 1.807) is 67.2 Å². The molecule has 0 spiro atoms. The predicted octanol–water partition coefficient (Wildman–Crippen LogP) is 6.54. The van der Waals surface area contributed by atoms with Crippen LogP contribution in [0.1, 0.15) is 22.3 Å². The summed E-state index contributed by atoms with van der Waals surface area (Å²) in [6, 6.07) is 15.2. The van der Waals surface area contributed by atoms with E-state index >= 15 is 0 Å². The van der Waals surface area contributed by atoms with Crippen LogP contribution in [-0.4, -0.2) is 52.6 Å². The van der Waals surface area contributed by atoms with Gasteiger partial charge in [-0.2, -0.15) is 0 Å². The van der Waals surface area contributed by atoms with Gasteiger partial charge in [0, 0.05) is 35.7 Å². The van der Waals surface area contributed by atoms with Gasteiger partial charge in [0.05, 0.1) is 54.0 Å². The van der Waals surface area contributed by atoms with Gasteiger partial charge in [-0.25, -0.2) is 0 Å². The average molecular weight is 541 g/mol. The summed E-state index contributed by atoms with van der Waals surface area (Å²) in [6.07, 6.45) is 11.4. The maximum absolute atomic E-state index is 5.54. The van der Waals surface area contributed by atoms with E-state index in [1.807, 2.05) is 60.7 Å². The van der Waals surface area contributed by atoms with Crippen LogP contribution >= 0.6 is 0 Å². The number of methoxy groups -OCH3 is 6. The summed E-state index contributed by atoms with van der Waals surface area (Å²) in [7, 11) is 9.64. The topological polar surface area (TPSA) is 81.2 Å². The predicted molar refractivity (Wildman–Crippen MR) is 158 cm³/mol. The van der Waals surface area contributed by atoms with Gasteiger partial charge in [0.1, 0.15) is 11.5 Å². The van der Waals surface area contributed by atoms with Crippen LogP contribution in [0.3, 0.4) is 0 Å². The lowest BCUT2D eigenvalue weighted by molar-refractivity contribution is 0.348. The number of rotatable bonds is 11. The van der Waals surface area contributed by atoms with E-state index in [0.29, 0.717) is 34.5 Å². The lowest BCUT2D eigenvalue weighted by Gasteiger charge is -2.12. The van der Waals surface area contributed by atoms with E-state index in [9.17, 15) is 0 Å². The molecule has 0 aliphatic rings. The largest absolute Gasteiger partial charge is 0.496 e. The van der Waals surface area contributed by atoms with E-state index in [-0.39, 0.29) is 0 Å². The van der Waals surface area contributed by atoms with Crippen LogP contribution in [-0.2, 0) is 0 Å². The van der Waals surface area contributed by atoms with Crippen LogP contribution in [0.4, 0.5) is 0 Å². The maximum Gasteiger partial charge on any atom is 0.164 e. The Morgan fingerprint density at radius 1 is 0.425 bits per heavy atom. The number of pyridine rings is 2. The molecule has 0 atom stereocenters. The molecule has 0 saturated carbocycles. The fourth-order valence-corrected chi connectivity index (χ4v) is 4.12. The molecule has 0 saturated heterocycles. The second-order valence-corrected chi connectivity index (χ2v) is 8.51. The van der Waals surface area contributed by atoms with Crippen molar-refractivity contribution in [3.8, 4) is 45.9 Å². The molecule has 0 aliphatic heterocycles. The summed E-state index contributed by atoms with van der Waals surface area (Å²) in [5.41, 5.74) is 5.13. The summed E-state index contributed by atoms with van der Waals surface area (Å²) in [5, 5.41) is 0. The lowest BCUT2D eigenvalue weighted by Crippen LogP contribution is -1.94. The average Bonchev–Trinajstić information content (AvgIpc) is 3.01. The highest BCUT2D eigenvalue weighted by molar-refractivity contribution is 5.77. The zero-order chi connectivity index (χ0) is 28.5. The van der Waals surface area contributed by atoms with Crippen molar-refractivity contribution in [3.63, 3.8) is 0 Å². The molecule has 8 heteroatoms. The van der Waals surface area contributed by atoms with Crippen LogP contribution in [0.2, 0.25) is 0 Å². The summed E-state index contributed by atoms with van der Waals surface area (Å²) in [6.45, 7) is 0. The van der Waals surface area contributed by atoms with Crippen molar-refractivity contribution in [2.75, 3.05) is 42.7 Å². The normalized spacial score (nSPS) is 11.1. The third kappa shape index (κ3) is 6.35. The molecule has 0 N–H and O–H groups in total. The Labute approximate surface area is 234 Å². The van der Waals surface area contributed by atoms with Crippen LogP contribution in [0.5, 0.6) is 34.5 Å². The van der Waals surface area contributed by atoms with E-state index in [0.717, 1.165) is 33.6 Å². The quantitative estimate of drug-likeness (QED) is 0.212. The highest BCUT2D eigenvalue weighted by atomic mass is 16.5. The fourth-order valence-electron chi connectivity index (χ4n) is 4.12. The zero-order valence-electron chi connectivity index (χ0n) is 23.4. The van der Waals surface area contributed by atoms with Crippen molar-refractivity contribution in [1.29, 1.82) is 0 Å². The van der Waals surface area contributed by atoms with Crippen molar-refractivity contribution < 1.29 is 28.4 Å². The van der Waals surface area contributed by atoms with Crippen LogP contribution in [0.15, 0.2) is 60.9 Å². The first-order valence-corrected chi connectivity index (χ1v) is 12.4. The molecule has 206 valence electrons.